The van der Waals surface area contributed by atoms with Gasteiger partial charge in [-0.2, -0.15) is 0 Å². The van der Waals surface area contributed by atoms with Gasteiger partial charge in [0.25, 0.3) is 0 Å². The van der Waals surface area contributed by atoms with Crippen molar-refractivity contribution >= 4 is 0 Å². The minimum absolute atomic E-state index is 0.192. The molecule has 1 atom stereocenters. The third kappa shape index (κ3) is 4.80. The Kier molecular flexibility index (Phi) is 5.23. The standard InChI is InChI=1S/C18H23NO2/c1-13(2)21-18-9-7-16(8-10-18)14(3)19-12-15-5-4-6-17(20)11-15/h4-11,13-14,19-20H,12H2,1-3H3. The van der Waals surface area contributed by atoms with Crippen LogP contribution < -0.4 is 10.1 Å². The average molecular weight is 285 g/mol. The number of nitrogens with one attached hydrogen (secondary N) is 1. The van der Waals surface area contributed by atoms with Crippen molar-refractivity contribution in [1.29, 1.82) is 0 Å². The summed E-state index contributed by atoms with van der Waals surface area (Å²) in [4.78, 5) is 0. The maximum Gasteiger partial charge on any atom is 0.119 e. The van der Waals surface area contributed by atoms with Crippen molar-refractivity contribution in [2.24, 2.45) is 0 Å². The van der Waals surface area contributed by atoms with Gasteiger partial charge in [0.2, 0.25) is 0 Å². The van der Waals surface area contributed by atoms with Crippen molar-refractivity contribution in [3.63, 3.8) is 0 Å². The molecule has 0 aliphatic rings. The van der Waals surface area contributed by atoms with Crippen LogP contribution in [0, 0.1) is 0 Å². The Morgan fingerprint density at radius 1 is 1.05 bits per heavy atom. The fraction of sp³-hybridized carbons (Fsp3) is 0.333. The second-order valence-corrected chi connectivity index (χ2v) is 5.51. The third-order valence-electron chi connectivity index (χ3n) is 3.27. The van der Waals surface area contributed by atoms with Crippen molar-refractivity contribution in [2.45, 2.75) is 39.5 Å². The van der Waals surface area contributed by atoms with Crippen molar-refractivity contribution in [1.82, 2.24) is 5.32 Å². The molecule has 0 aromatic heterocycles. The minimum atomic E-state index is 0.192. The molecule has 0 radical (unpaired) electrons. The van der Waals surface area contributed by atoms with Crippen LogP contribution in [0.15, 0.2) is 48.5 Å². The minimum Gasteiger partial charge on any atom is -0.508 e. The van der Waals surface area contributed by atoms with E-state index in [4.69, 9.17) is 4.74 Å². The molecule has 0 spiro atoms. The Balaban J connectivity index is 1.92. The molecule has 2 aromatic carbocycles. The topological polar surface area (TPSA) is 41.5 Å². The number of hydrogen-bond donors (Lipinski definition) is 2. The highest BCUT2D eigenvalue weighted by Gasteiger charge is 2.06. The first kappa shape index (κ1) is 15.4. The number of ether oxygens (including phenoxy) is 1. The first-order valence-electron chi connectivity index (χ1n) is 7.32. The van der Waals surface area contributed by atoms with E-state index in [0.29, 0.717) is 5.75 Å². The van der Waals surface area contributed by atoms with Gasteiger partial charge in [-0.3, -0.25) is 0 Å². The highest BCUT2D eigenvalue weighted by Crippen LogP contribution is 2.19. The van der Waals surface area contributed by atoms with E-state index in [9.17, 15) is 5.11 Å². The van der Waals surface area contributed by atoms with Crippen LogP contribution >= 0.6 is 0 Å². The second kappa shape index (κ2) is 7.14. The highest BCUT2D eigenvalue weighted by atomic mass is 16.5. The SMILES string of the molecule is CC(C)Oc1ccc(C(C)NCc2cccc(O)c2)cc1. The largest absolute Gasteiger partial charge is 0.508 e. The zero-order valence-electron chi connectivity index (χ0n) is 12.8. The van der Waals surface area contributed by atoms with E-state index in [0.717, 1.165) is 17.9 Å². The molecule has 1 unspecified atom stereocenters. The molecule has 2 aromatic rings. The van der Waals surface area contributed by atoms with E-state index < -0.39 is 0 Å². The lowest BCUT2D eigenvalue weighted by Crippen LogP contribution is -2.18. The lowest BCUT2D eigenvalue weighted by atomic mass is 10.1. The Hall–Kier alpha value is -2.00. The predicted molar refractivity (Wildman–Crippen MR) is 85.6 cm³/mol. The Labute approximate surface area is 126 Å². The molecular weight excluding hydrogens is 262 g/mol. The van der Waals surface area contributed by atoms with Crippen LogP contribution in [0.1, 0.15) is 37.9 Å². The quantitative estimate of drug-likeness (QED) is 0.842. The predicted octanol–water partition coefficient (Wildman–Crippen LogP) is 4.03. The fourth-order valence-corrected chi connectivity index (χ4v) is 2.16. The number of rotatable bonds is 6. The molecule has 2 N–H and O–H groups in total. The van der Waals surface area contributed by atoms with Crippen LogP contribution in [-0.2, 0) is 6.54 Å². The van der Waals surface area contributed by atoms with Crippen LogP contribution in [-0.4, -0.2) is 11.2 Å². The molecule has 3 nitrogen and oxygen atoms in total. The molecule has 0 amide bonds. The van der Waals surface area contributed by atoms with Crippen molar-refractivity contribution in [3.8, 4) is 11.5 Å². The van der Waals surface area contributed by atoms with Crippen molar-refractivity contribution in [3.05, 3.63) is 59.7 Å². The van der Waals surface area contributed by atoms with Crippen LogP contribution in [0.25, 0.3) is 0 Å². The van der Waals surface area contributed by atoms with E-state index in [1.54, 1.807) is 12.1 Å². The Morgan fingerprint density at radius 2 is 1.76 bits per heavy atom. The summed E-state index contributed by atoms with van der Waals surface area (Å²) in [5, 5.41) is 12.9. The van der Waals surface area contributed by atoms with Crippen LogP contribution in [0.4, 0.5) is 0 Å². The van der Waals surface area contributed by atoms with Gasteiger partial charge in [-0.05, 0) is 56.2 Å². The molecule has 0 aliphatic carbocycles. The lowest BCUT2D eigenvalue weighted by molar-refractivity contribution is 0.242. The maximum absolute atomic E-state index is 9.46. The Morgan fingerprint density at radius 3 is 2.38 bits per heavy atom. The summed E-state index contributed by atoms with van der Waals surface area (Å²) in [7, 11) is 0. The fourth-order valence-electron chi connectivity index (χ4n) is 2.16. The molecular formula is C18H23NO2. The molecule has 2 rings (SSSR count). The van der Waals surface area contributed by atoms with E-state index in [2.05, 4.69) is 24.4 Å². The summed E-state index contributed by atoms with van der Waals surface area (Å²) in [5.74, 6) is 1.20. The monoisotopic (exact) mass is 285 g/mol. The first-order chi connectivity index (χ1) is 10.0. The second-order valence-electron chi connectivity index (χ2n) is 5.51. The van der Waals surface area contributed by atoms with Gasteiger partial charge < -0.3 is 15.2 Å². The van der Waals surface area contributed by atoms with Gasteiger partial charge in [0.05, 0.1) is 6.10 Å². The lowest BCUT2D eigenvalue weighted by Gasteiger charge is -2.16. The normalized spacial score (nSPS) is 12.4. The average Bonchev–Trinajstić information content (AvgIpc) is 2.45. The summed E-state index contributed by atoms with van der Waals surface area (Å²) in [6.07, 6.45) is 0.192. The van der Waals surface area contributed by atoms with Crippen molar-refractivity contribution in [2.75, 3.05) is 0 Å². The molecule has 0 aliphatic heterocycles. The maximum atomic E-state index is 9.46. The van der Waals surface area contributed by atoms with Crippen LogP contribution in [0.3, 0.4) is 0 Å². The Bertz CT molecular complexity index is 564. The smallest absolute Gasteiger partial charge is 0.119 e. The molecule has 21 heavy (non-hydrogen) atoms. The first-order valence-corrected chi connectivity index (χ1v) is 7.32. The number of phenols is 1. The molecule has 112 valence electrons. The van der Waals surface area contributed by atoms with Crippen LogP contribution in [0.2, 0.25) is 0 Å². The summed E-state index contributed by atoms with van der Waals surface area (Å²) in [5.41, 5.74) is 2.29. The van der Waals surface area contributed by atoms with Gasteiger partial charge in [-0.15, -0.1) is 0 Å². The molecule has 0 saturated carbocycles. The van der Waals surface area contributed by atoms with Gasteiger partial charge in [0.1, 0.15) is 11.5 Å². The number of aromatic hydroxyl groups is 1. The zero-order valence-corrected chi connectivity index (χ0v) is 12.8. The summed E-state index contributed by atoms with van der Waals surface area (Å²) in [6, 6.07) is 15.7. The van der Waals surface area contributed by atoms with Gasteiger partial charge in [0, 0.05) is 12.6 Å². The summed E-state index contributed by atoms with van der Waals surface area (Å²) in [6.45, 7) is 6.89. The van der Waals surface area contributed by atoms with E-state index >= 15 is 0 Å². The van der Waals surface area contributed by atoms with Gasteiger partial charge in [0.15, 0.2) is 0 Å². The number of benzene rings is 2. The molecule has 3 heteroatoms. The van der Waals surface area contributed by atoms with Crippen molar-refractivity contribution < 1.29 is 9.84 Å². The molecule has 0 saturated heterocycles. The van der Waals surface area contributed by atoms with Gasteiger partial charge in [-0.1, -0.05) is 24.3 Å². The molecule has 0 fully saturated rings. The number of phenolic OH excluding ortho intramolecular Hbond substituents is 1. The summed E-state index contributed by atoms with van der Waals surface area (Å²) < 4.78 is 5.64. The highest BCUT2D eigenvalue weighted by molar-refractivity contribution is 5.30. The van der Waals surface area contributed by atoms with E-state index in [1.165, 1.54) is 5.56 Å². The van der Waals surface area contributed by atoms with E-state index in [-0.39, 0.29) is 12.1 Å². The number of hydrogen-bond acceptors (Lipinski definition) is 3. The third-order valence-corrected chi connectivity index (χ3v) is 3.27. The van der Waals surface area contributed by atoms with E-state index in [1.807, 2.05) is 38.1 Å². The summed E-state index contributed by atoms with van der Waals surface area (Å²) >= 11 is 0. The van der Waals surface area contributed by atoms with Gasteiger partial charge >= 0.3 is 0 Å². The van der Waals surface area contributed by atoms with Gasteiger partial charge in [-0.25, -0.2) is 0 Å². The molecule has 0 heterocycles. The zero-order chi connectivity index (χ0) is 15.2. The molecule has 0 bridgehead atoms. The van der Waals surface area contributed by atoms with Crippen LogP contribution in [0.5, 0.6) is 11.5 Å².